The van der Waals surface area contributed by atoms with Gasteiger partial charge in [0.25, 0.3) is 0 Å². The molecule has 4 rings (SSSR count). The van der Waals surface area contributed by atoms with Crippen molar-refractivity contribution in [1.82, 2.24) is 15.0 Å². The molecule has 1 amide bonds. The van der Waals surface area contributed by atoms with Gasteiger partial charge in [-0.05, 0) is 25.0 Å². The number of carbonyl (C=O) groups excluding carboxylic acids is 1. The van der Waals surface area contributed by atoms with E-state index in [1.54, 1.807) is 24.2 Å². The molecule has 2 N–H and O–H groups in total. The monoisotopic (exact) mass is 426 g/mol. The first-order chi connectivity index (χ1) is 14.1. The van der Waals surface area contributed by atoms with Crippen molar-refractivity contribution < 1.29 is 9.21 Å². The highest BCUT2D eigenvalue weighted by Gasteiger charge is 2.16. The van der Waals surface area contributed by atoms with Crippen LogP contribution in [0.2, 0.25) is 0 Å². The molecule has 3 aromatic heterocycles. The number of aromatic nitrogens is 3. The first-order valence-electron chi connectivity index (χ1n) is 9.54. The van der Waals surface area contributed by atoms with Crippen molar-refractivity contribution in [1.29, 1.82) is 0 Å². The predicted octanol–water partition coefficient (Wildman–Crippen LogP) is 5.60. The molecule has 4 aromatic rings. The first-order valence-corrected chi connectivity index (χ1v) is 11.2. The molecule has 0 saturated heterocycles. The Morgan fingerprint density at radius 2 is 2.17 bits per heavy atom. The van der Waals surface area contributed by atoms with Crippen LogP contribution in [0.5, 0.6) is 0 Å². The van der Waals surface area contributed by atoms with Gasteiger partial charge in [-0.15, -0.1) is 11.8 Å². The molecule has 0 aliphatic carbocycles. The van der Waals surface area contributed by atoms with Gasteiger partial charge in [-0.2, -0.15) is 0 Å². The highest BCUT2D eigenvalue weighted by molar-refractivity contribution is 8.01. The third-order valence-electron chi connectivity index (χ3n) is 4.59. The van der Waals surface area contributed by atoms with Crippen LogP contribution in [0.15, 0.2) is 51.5 Å². The topological polar surface area (TPSA) is 83.8 Å². The normalized spacial score (nSPS) is 12.3. The zero-order valence-electron chi connectivity index (χ0n) is 16.3. The standard InChI is InChI=1S/C21H22N4O2S2/c1-3-15-11-23-20(27-15)13(2)28-19-12-24-21(29-19)25-18(26)9-8-14-10-22-17-7-5-4-6-16(14)17/h4-7,10-13,22H,3,8-9H2,1-2H3,(H,24,25,26). The number of amides is 1. The van der Waals surface area contributed by atoms with E-state index < -0.39 is 0 Å². The number of H-pyrrole nitrogens is 1. The van der Waals surface area contributed by atoms with E-state index in [2.05, 4.69) is 33.3 Å². The Morgan fingerprint density at radius 1 is 1.31 bits per heavy atom. The Hall–Kier alpha value is -2.58. The molecule has 8 heteroatoms. The summed E-state index contributed by atoms with van der Waals surface area (Å²) < 4.78 is 6.73. The molecule has 0 radical (unpaired) electrons. The number of carbonyl (C=O) groups is 1. The summed E-state index contributed by atoms with van der Waals surface area (Å²) in [5.74, 6) is 1.57. The van der Waals surface area contributed by atoms with Crippen molar-refractivity contribution in [3.05, 3.63) is 60.1 Å². The smallest absolute Gasteiger partial charge is 0.226 e. The first kappa shape index (κ1) is 19.7. The van der Waals surface area contributed by atoms with E-state index in [-0.39, 0.29) is 11.2 Å². The van der Waals surface area contributed by atoms with E-state index in [4.69, 9.17) is 4.42 Å². The quantitative estimate of drug-likeness (QED) is 0.358. The van der Waals surface area contributed by atoms with Crippen molar-refractivity contribution >= 4 is 45.0 Å². The lowest BCUT2D eigenvalue weighted by molar-refractivity contribution is -0.116. The Balaban J connectivity index is 1.30. The van der Waals surface area contributed by atoms with Crippen molar-refractivity contribution in [3.8, 4) is 0 Å². The second-order valence-electron chi connectivity index (χ2n) is 6.67. The van der Waals surface area contributed by atoms with Crippen LogP contribution in [0.25, 0.3) is 10.9 Å². The average Bonchev–Trinajstić information content (AvgIpc) is 3.46. The molecule has 3 heterocycles. The van der Waals surface area contributed by atoms with Gasteiger partial charge >= 0.3 is 0 Å². The van der Waals surface area contributed by atoms with Gasteiger partial charge in [0.2, 0.25) is 11.8 Å². The minimum Gasteiger partial charge on any atom is -0.445 e. The molecule has 29 heavy (non-hydrogen) atoms. The van der Waals surface area contributed by atoms with Crippen LogP contribution in [0.1, 0.15) is 42.7 Å². The fourth-order valence-corrected chi connectivity index (χ4v) is 5.14. The molecular weight excluding hydrogens is 404 g/mol. The Kier molecular flexibility index (Phi) is 6.01. The summed E-state index contributed by atoms with van der Waals surface area (Å²) in [7, 11) is 0. The van der Waals surface area contributed by atoms with Crippen LogP contribution in [0, 0.1) is 0 Å². The van der Waals surface area contributed by atoms with E-state index in [9.17, 15) is 4.79 Å². The van der Waals surface area contributed by atoms with Crippen LogP contribution in [0.4, 0.5) is 5.13 Å². The minimum atomic E-state index is -0.0329. The number of nitrogens with one attached hydrogen (secondary N) is 2. The summed E-state index contributed by atoms with van der Waals surface area (Å²) in [4.78, 5) is 24.3. The third-order valence-corrected chi connectivity index (χ3v) is 6.73. The number of oxazole rings is 1. The highest BCUT2D eigenvalue weighted by atomic mass is 32.2. The van der Waals surface area contributed by atoms with Gasteiger partial charge in [0, 0.05) is 29.9 Å². The van der Waals surface area contributed by atoms with Crippen LogP contribution >= 0.6 is 23.1 Å². The van der Waals surface area contributed by atoms with Gasteiger partial charge < -0.3 is 14.7 Å². The van der Waals surface area contributed by atoms with E-state index in [1.165, 1.54) is 16.7 Å². The van der Waals surface area contributed by atoms with E-state index >= 15 is 0 Å². The highest BCUT2D eigenvalue weighted by Crippen LogP contribution is 2.38. The predicted molar refractivity (Wildman–Crippen MR) is 118 cm³/mol. The molecular formula is C21H22N4O2S2. The van der Waals surface area contributed by atoms with E-state index in [1.807, 2.05) is 31.3 Å². The molecule has 1 unspecified atom stereocenters. The fourth-order valence-electron chi connectivity index (χ4n) is 3.04. The lowest BCUT2D eigenvalue weighted by Crippen LogP contribution is -2.11. The van der Waals surface area contributed by atoms with Crippen LogP contribution in [0.3, 0.4) is 0 Å². The molecule has 1 aromatic carbocycles. The van der Waals surface area contributed by atoms with E-state index in [0.29, 0.717) is 23.9 Å². The number of aryl methyl sites for hydroxylation is 2. The molecule has 0 aliphatic rings. The number of benzene rings is 1. The zero-order valence-corrected chi connectivity index (χ0v) is 17.9. The molecule has 0 bridgehead atoms. The van der Waals surface area contributed by atoms with Gasteiger partial charge in [-0.1, -0.05) is 36.5 Å². The maximum Gasteiger partial charge on any atom is 0.226 e. The molecule has 0 saturated carbocycles. The summed E-state index contributed by atoms with van der Waals surface area (Å²) in [6.07, 6.45) is 7.47. The second kappa shape index (κ2) is 8.84. The summed E-state index contributed by atoms with van der Waals surface area (Å²) in [6.45, 7) is 4.09. The Labute approximate surface area is 177 Å². The summed E-state index contributed by atoms with van der Waals surface area (Å²) in [5, 5.41) is 4.77. The average molecular weight is 427 g/mol. The Morgan fingerprint density at radius 3 is 3.00 bits per heavy atom. The molecule has 0 spiro atoms. The number of para-hydroxylation sites is 1. The maximum atomic E-state index is 12.3. The number of aromatic amines is 1. The molecule has 6 nitrogen and oxygen atoms in total. The minimum absolute atomic E-state index is 0.0329. The number of nitrogens with zero attached hydrogens (tertiary/aromatic N) is 2. The van der Waals surface area contributed by atoms with Crippen LogP contribution < -0.4 is 5.32 Å². The van der Waals surface area contributed by atoms with E-state index in [0.717, 1.165) is 27.5 Å². The molecule has 0 fully saturated rings. The molecule has 0 aliphatic heterocycles. The maximum absolute atomic E-state index is 12.3. The van der Waals surface area contributed by atoms with Crippen molar-refractivity contribution in [3.63, 3.8) is 0 Å². The van der Waals surface area contributed by atoms with Crippen molar-refractivity contribution in [2.45, 2.75) is 42.6 Å². The van der Waals surface area contributed by atoms with Gasteiger partial charge in [0.05, 0.1) is 21.9 Å². The van der Waals surface area contributed by atoms with Crippen LogP contribution in [-0.2, 0) is 17.6 Å². The number of anilines is 1. The summed E-state index contributed by atoms with van der Waals surface area (Å²) >= 11 is 3.09. The van der Waals surface area contributed by atoms with Gasteiger partial charge in [-0.3, -0.25) is 4.79 Å². The molecule has 150 valence electrons. The van der Waals surface area contributed by atoms with Crippen molar-refractivity contribution in [2.24, 2.45) is 0 Å². The third kappa shape index (κ3) is 4.71. The fraction of sp³-hybridized carbons (Fsp3) is 0.286. The number of fused-ring (bicyclic) bond motifs is 1. The van der Waals surface area contributed by atoms with Crippen LogP contribution in [-0.4, -0.2) is 20.9 Å². The van der Waals surface area contributed by atoms with Gasteiger partial charge in [-0.25, -0.2) is 9.97 Å². The number of rotatable bonds is 8. The largest absolute Gasteiger partial charge is 0.445 e. The van der Waals surface area contributed by atoms with Gasteiger partial charge in [0.1, 0.15) is 5.76 Å². The van der Waals surface area contributed by atoms with Crippen molar-refractivity contribution in [2.75, 3.05) is 5.32 Å². The second-order valence-corrected chi connectivity index (χ2v) is 9.34. The summed E-state index contributed by atoms with van der Waals surface area (Å²) in [6, 6.07) is 8.12. The lowest BCUT2D eigenvalue weighted by atomic mass is 10.1. The lowest BCUT2D eigenvalue weighted by Gasteiger charge is -2.04. The summed E-state index contributed by atoms with van der Waals surface area (Å²) in [5.41, 5.74) is 2.24. The SMILES string of the molecule is CCc1cnc(C(C)Sc2cnc(NC(=O)CCc3c[nH]c4ccccc34)s2)o1. The number of hydrogen-bond donors (Lipinski definition) is 2. The number of hydrogen-bond acceptors (Lipinski definition) is 6. The Bertz CT molecular complexity index is 1110. The number of thioether (sulfide) groups is 1. The zero-order chi connectivity index (χ0) is 20.2. The molecule has 1 atom stereocenters. The number of thiazole rings is 1. The van der Waals surface area contributed by atoms with Gasteiger partial charge in [0.15, 0.2) is 5.13 Å².